The van der Waals surface area contributed by atoms with Crippen molar-refractivity contribution >= 4 is 6.08 Å². The van der Waals surface area contributed by atoms with E-state index in [-0.39, 0.29) is 5.82 Å². The fraction of sp³-hybridized carbons (Fsp3) is 0.125. The first-order valence-corrected chi connectivity index (χ1v) is 5.86. The second kappa shape index (κ2) is 6.01. The topological polar surface area (TPSA) is 9.23 Å². The molecule has 0 aliphatic rings. The molecule has 2 aromatic rings. The molecule has 0 atom stereocenters. The highest BCUT2D eigenvalue weighted by Gasteiger charge is 1.99. The quantitative estimate of drug-likeness (QED) is 0.779. The second-order valence-electron chi connectivity index (χ2n) is 4.03. The van der Waals surface area contributed by atoms with Crippen molar-refractivity contribution in [3.63, 3.8) is 0 Å². The average Bonchev–Trinajstić information content (AvgIpc) is 2.38. The third-order valence-electron chi connectivity index (χ3n) is 2.58. The van der Waals surface area contributed by atoms with Gasteiger partial charge >= 0.3 is 0 Å². The van der Waals surface area contributed by atoms with Crippen LogP contribution in [0.3, 0.4) is 0 Å². The van der Waals surface area contributed by atoms with Gasteiger partial charge in [0.05, 0.1) is 0 Å². The van der Waals surface area contributed by atoms with Gasteiger partial charge in [-0.1, -0.05) is 36.4 Å². The van der Waals surface area contributed by atoms with Gasteiger partial charge in [-0.25, -0.2) is 4.39 Å². The fourth-order valence-corrected chi connectivity index (χ4v) is 1.66. The van der Waals surface area contributed by atoms with E-state index in [0.717, 1.165) is 11.1 Å². The van der Waals surface area contributed by atoms with Crippen LogP contribution in [0.2, 0.25) is 0 Å². The highest BCUT2D eigenvalue weighted by molar-refractivity contribution is 5.48. The molecular weight excluding hydrogens is 227 g/mol. The second-order valence-corrected chi connectivity index (χ2v) is 4.03. The molecule has 0 bridgehead atoms. The molecule has 0 aliphatic heterocycles. The van der Waals surface area contributed by atoms with Gasteiger partial charge in [0.1, 0.15) is 18.2 Å². The summed E-state index contributed by atoms with van der Waals surface area (Å²) in [5, 5.41) is 0. The van der Waals surface area contributed by atoms with E-state index in [1.54, 1.807) is 6.07 Å². The summed E-state index contributed by atoms with van der Waals surface area (Å²) in [5.74, 6) is 0.480. The number of halogens is 1. The van der Waals surface area contributed by atoms with E-state index in [0.29, 0.717) is 12.4 Å². The molecule has 0 amide bonds. The van der Waals surface area contributed by atoms with Gasteiger partial charge in [0, 0.05) is 0 Å². The molecule has 1 nitrogen and oxygen atoms in total. The van der Waals surface area contributed by atoms with Crippen LogP contribution in [-0.4, -0.2) is 6.61 Å². The van der Waals surface area contributed by atoms with Crippen LogP contribution in [0.25, 0.3) is 6.08 Å². The van der Waals surface area contributed by atoms with Crippen LogP contribution in [0.4, 0.5) is 4.39 Å². The lowest BCUT2D eigenvalue weighted by Gasteiger charge is -2.06. The number of rotatable bonds is 4. The zero-order valence-corrected chi connectivity index (χ0v) is 10.3. The van der Waals surface area contributed by atoms with Gasteiger partial charge in [-0.3, -0.25) is 0 Å². The molecule has 2 aromatic carbocycles. The Balaban J connectivity index is 1.91. The molecule has 2 rings (SSSR count). The molecule has 0 heterocycles. The number of aryl methyl sites for hydroxylation is 1. The van der Waals surface area contributed by atoms with Crippen LogP contribution < -0.4 is 4.74 Å². The number of benzene rings is 2. The summed E-state index contributed by atoms with van der Waals surface area (Å²) in [6.07, 6.45) is 3.94. The lowest BCUT2D eigenvalue weighted by molar-refractivity contribution is 0.360. The van der Waals surface area contributed by atoms with Crippen LogP contribution in [0.1, 0.15) is 11.1 Å². The van der Waals surface area contributed by atoms with E-state index in [1.807, 2.05) is 49.4 Å². The van der Waals surface area contributed by atoms with Gasteiger partial charge in [0.2, 0.25) is 0 Å². The van der Waals surface area contributed by atoms with Gasteiger partial charge < -0.3 is 4.74 Å². The van der Waals surface area contributed by atoms with Crippen molar-refractivity contribution in [2.24, 2.45) is 0 Å². The molecule has 0 saturated carbocycles. The minimum atomic E-state index is -0.236. The van der Waals surface area contributed by atoms with Crippen molar-refractivity contribution < 1.29 is 9.13 Å². The molecule has 0 saturated heterocycles. The van der Waals surface area contributed by atoms with Crippen LogP contribution in [-0.2, 0) is 0 Å². The predicted molar refractivity (Wildman–Crippen MR) is 72.1 cm³/mol. The van der Waals surface area contributed by atoms with Crippen LogP contribution in [0, 0.1) is 12.7 Å². The highest BCUT2D eigenvalue weighted by atomic mass is 19.1. The Kier molecular flexibility index (Phi) is 4.13. The van der Waals surface area contributed by atoms with E-state index in [1.165, 1.54) is 12.1 Å². The minimum Gasteiger partial charge on any atom is -0.489 e. The molecule has 0 fully saturated rings. The van der Waals surface area contributed by atoms with Crippen molar-refractivity contribution in [1.82, 2.24) is 0 Å². The summed E-state index contributed by atoms with van der Waals surface area (Å²) < 4.78 is 18.4. The van der Waals surface area contributed by atoms with Crippen molar-refractivity contribution in [2.75, 3.05) is 6.61 Å². The monoisotopic (exact) mass is 242 g/mol. The SMILES string of the molecule is Cc1cc(F)ccc1OC/C=C/c1ccccc1. The molecule has 0 spiro atoms. The van der Waals surface area contributed by atoms with E-state index in [2.05, 4.69) is 0 Å². The summed E-state index contributed by atoms with van der Waals surface area (Å²) in [5.41, 5.74) is 1.94. The predicted octanol–water partition coefficient (Wildman–Crippen LogP) is 4.23. The maximum absolute atomic E-state index is 12.9. The van der Waals surface area contributed by atoms with Crippen LogP contribution in [0.5, 0.6) is 5.75 Å². The number of hydrogen-bond donors (Lipinski definition) is 0. The lowest BCUT2D eigenvalue weighted by Crippen LogP contribution is -1.95. The van der Waals surface area contributed by atoms with Crippen molar-refractivity contribution in [3.8, 4) is 5.75 Å². The zero-order valence-electron chi connectivity index (χ0n) is 10.3. The smallest absolute Gasteiger partial charge is 0.123 e. The molecule has 92 valence electrons. The summed E-state index contributed by atoms with van der Waals surface area (Å²) in [7, 11) is 0. The Morgan fingerprint density at radius 3 is 2.61 bits per heavy atom. The minimum absolute atomic E-state index is 0.236. The van der Waals surface area contributed by atoms with Crippen LogP contribution >= 0.6 is 0 Å². The zero-order chi connectivity index (χ0) is 12.8. The molecular formula is C16H15FO. The highest BCUT2D eigenvalue weighted by Crippen LogP contribution is 2.18. The van der Waals surface area contributed by atoms with Crippen molar-refractivity contribution in [3.05, 3.63) is 71.6 Å². The van der Waals surface area contributed by atoms with Gasteiger partial charge in [-0.05, 0) is 42.3 Å². The van der Waals surface area contributed by atoms with E-state index < -0.39 is 0 Å². The third-order valence-corrected chi connectivity index (χ3v) is 2.58. The fourth-order valence-electron chi connectivity index (χ4n) is 1.66. The molecule has 18 heavy (non-hydrogen) atoms. The van der Waals surface area contributed by atoms with Crippen molar-refractivity contribution in [2.45, 2.75) is 6.92 Å². The summed E-state index contributed by atoms with van der Waals surface area (Å²) >= 11 is 0. The Labute approximate surface area is 107 Å². The molecule has 0 aromatic heterocycles. The van der Waals surface area contributed by atoms with E-state index in [9.17, 15) is 4.39 Å². The summed E-state index contributed by atoms with van der Waals surface area (Å²) in [6, 6.07) is 14.5. The Morgan fingerprint density at radius 1 is 1.11 bits per heavy atom. The first kappa shape index (κ1) is 12.4. The summed E-state index contributed by atoms with van der Waals surface area (Å²) in [4.78, 5) is 0. The van der Waals surface area contributed by atoms with E-state index >= 15 is 0 Å². The third kappa shape index (κ3) is 3.45. The largest absolute Gasteiger partial charge is 0.489 e. The normalized spacial score (nSPS) is 10.8. The standard InChI is InChI=1S/C16H15FO/c1-13-12-15(17)9-10-16(13)18-11-5-8-14-6-3-2-4-7-14/h2-10,12H,11H2,1H3/b8-5+. The Hall–Kier alpha value is -2.09. The Morgan fingerprint density at radius 2 is 1.89 bits per heavy atom. The van der Waals surface area contributed by atoms with Gasteiger partial charge in [-0.15, -0.1) is 0 Å². The van der Waals surface area contributed by atoms with Gasteiger partial charge in [-0.2, -0.15) is 0 Å². The van der Waals surface area contributed by atoms with E-state index in [4.69, 9.17) is 4.74 Å². The first-order chi connectivity index (χ1) is 8.75. The van der Waals surface area contributed by atoms with Crippen molar-refractivity contribution in [1.29, 1.82) is 0 Å². The van der Waals surface area contributed by atoms with Crippen LogP contribution in [0.15, 0.2) is 54.6 Å². The average molecular weight is 242 g/mol. The number of ether oxygens (including phenoxy) is 1. The number of hydrogen-bond acceptors (Lipinski definition) is 1. The maximum Gasteiger partial charge on any atom is 0.123 e. The van der Waals surface area contributed by atoms with Gasteiger partial charge in [0.15, 0.2) is 0 Å². The van der Waals surface area contributed by atoms with Gasteiger partial charge in [0.25, 0.3) is 0 Å². The lowest BCUT2D eigenvalue weighted by atomic mass is 10.2. The molecule has 0 N–H and O–H groups in total. The molecule has 0 radical (unpaired) electrons. The summed E-state index contributed by atoms with van der Waals surface area (Å²) in [6.45, 7) is 2.31. The first-order valence-electron chi connectivity index (χ1n) is 5.86. The molecule has 0 unspecified atom stereocenters. The Bertz CT molecular complexity index is 532. The maximum atomic E-state index is 12.9. The molecule has 2 heteroatoms. The molecule has 0 aliphatic carbocycles.